The van der Waals surface area contributed by atoms with E-state index >= 15 is 0 Å². The number of carbonyl (C=O) groups is 1. The Balaban J connectivity index is 1.08. The van der Waals surface area contributed by atoms with Crippen molar-refractivity contribution in [3.05, 3.63) is 96.1 Å². The summed E-state index contributed by atoms with van der Waals surface area (Å²) in [5.41, 5.74) is 7.28. The minimum atomic E-state index is -0.188. The van der Waals surface area contributed by atoms with Crippen molar-refractivity contribution in [2.24, 2.45) is 0 Å². The van der Waals surface area contributed by atoms with Gasteiger partial charge in [-0.2, -0.15) is 9.78 Å². The first-order valence-electron chi connectivity index (χ1n) is 15.5. The van der Waals surface area contributed by atoms with Gasteiger partial charge in [0.1, 0.15) is 16.5 Å². The molecule has 0 aliphatic heterocycles. The third-order valence-electron chi connectivity index (χ3n) is 8.06. The maximum Gasteiger partial charge on any atom is 0.244 e. The summed E-state index contributed by atoms with van der Waals surface area (Å²) < 4.78 is 25.9. The summed E-state index contributed by atoms with van der Waals surface area (Å²) in [5, 5.41) is 5.65. The number of unbranched alkanes of at least 4 members (excludes halogenated alkanes) is 1. The van der Waals surface area contributed by atoms with Crippen LogP contribution < -0.4 is 18.9 Å². The number of ether oxygens (including phenoxy) is 4. The number of aryl methyl sites for hydroxylation is 1. The van der Waals surface area contributed by atoms with E-state index in [9.17, 15) is 4.79 Å². The summed E-state index contributed by atoms with van der Waals surface area (Å²) in [6.45, 7) is 6.62. The lowest BCUT2D eigenvalue weighted by atomic mass is 10.0. The Labute approximate surface area is 278 Å². The molecule has 0 fully saturated rings. The molecule has 240 valence electrons. The van der Waals surface area contributed by atoms with E-state index in [0.717, 1.165) is 62.7 Å². The van der Waals surface area contributed by atoms with Crippen LogP contribution in [0, 0.1) is 13.8 Å². The highest BCUT2D eigenvalue weighted by atomic mass is 32.1. The van der Waals surface area contributed by atoms with Crippen molar-refractivity contribution in [3.8, 4) is 56.1 Å². The molecule has 9 heteroatoms. The van der Waals surface area contributed by atoms with Gasteiger partial charge in [0.15, 0.2) is 11.5 Å². The van der Waals surface area contributed by atoms with Crippen LogP contribution in [0.25, 0.3) is 43.3 Å². The van der Waals surface area contributed by atoms with Crippen LogP contribution in [-0.4, -0.2) is 48.1 Å². The van der Waals surface area contributed by atoms with Crippen LogP contribution in [0.3, 0.4) is 0 Å². The molecule has 0 saturated heterocycles. The first-order chi connectivity index (χ1) is 22.8. The number of hydrogen-bond acceptors (Lipinski definition) is 8. The van der Waals surface area contributed by atoms with Gasteiger partial charge in [-0.05, 0) is 111 Å². The molecule has 0 bridgehead atoms. The number of rotatable bonds is 12. The molecule has 0 saturated carbocycles. The van der Waals surface area contributed by atoms with Crippen LogP contribution >= 0.6 is 11.3 Å². The largest absolute Gasteiger partial charge is 0.496 e. The number of carbonyl (C=O) groups excluding carboxylic acids is 1. The zero-order valence-electron chi connectivity index (χ0n) is 27.2. The molecule has 0 aliphatic rings. The molecule has 6 aromatic rings. The van der Waals surface area contributed by atoms with Crippen molar-refractivity contribution in [3.63, 3.8) is 0 Å². The molecule has 2 heterocycles. The van der Waals surface area contributed by atoms with Gasteiger partial charge in [-0.15, -0.1) is 11.3 Å². The molecule has 6 rings (SSSR count). The predicted molar refractivity (Wildman–Crippen MR) is 187 cm³/mol. The van der Waals surface area contributed by atoms with Gasteiger partial charge in [-0.3, -0.25) is 4.79 Å². The van der Waals surface area contributed by atoms with E-state index in [1.54, 1.807) is 25.6 Å². The third kappa shape index (κ3) is 7.00. The smallest absolute Gasteiger partial charge is 0.244 e. The molecule has 0 unspecified atom stereocenters. The minimum Gasteiger partial charge on any atom is -0.496 e. The average Bonchev–Trinajstić information content (AvgIpc) is 3.73. The second-order valence-corrected chi connectivity index (χ2v) is 12.3. The quantitative estimate of drug-likeness (QED) is 0.123. The average molecular weight is 648 g/mol. The number of fused-ring (bicyclic) bond motifs is 1. The lowest BCUT2D eigenvalue weighted by molar-refractivity contribution is 0.0923. The normalized spacial score (nSPS) is 11.1. The van der Waals surface area contributed by atoms with Crippen molar-refractivity contribution >= 4 is 27.5 Å². The topological polar surface area (TPSA) is 84.7 Å². The summed E-state index contributed by atoms with van der Waals surface area (Å²) in [5.74, 6) is 2.63. The van der Waals surface area contributed by atoms with Gasteiger partial charge in [-0.25, -0.2) is 4.98 Å². The number of para-hydroxylation sites is 1. The maximum absolute atomic E-state index is 12.6. The summed E-state index contributed by atoms with van der Waals surface area (Å²) in [7, 11) is 3.27. The SMILES string of the molecule is COc1ccc(-c2cc(-c3cc(C)c(C)c(OC)c3)nn2C(C)=O)cc1OCCCCOc1ccc(-c2nc3ccccc3s2)cc1. The molecular weight excluding hydrogens is 611 g/mol. The molecular formula is C38H37N3O5S. The number of thiazole rings is 1. The molecule has 4 aromatic carbocycles. The van der Waals surface area contributed by atoms with Crippen molar-refractivity contribution in [2.75, 3.05) is 27.4 Å². The number of aromatic nitrogens is 3. The Morgan fingerprint density at radius 2 is 1.47 bits per heavy atom. The summed E-state index contributed by atoms with van der Waals surface area (Å²) >= 11 is 1.69. The highest BCUT2D eigenvalue weighted by molar-refractivity contribution is 7.21. The van der Waals surface area contributed by atoms with E-state index in [0.29, 0.717) is 36.1 Å². The molecule has 0 N–H and O–H groups in total. The second-order valence-electron chi connectivity index (χ2n) is 11.2. The maximum atomic E-state index is 12.6. The molecule has 2 aromatic heterocycles. The highest BCUT2D eigenvalue weighted by Crippen LogP contribution is 2.36. The van der Waals surface area contributed by atoms with Crippen molar-refractivity contribution in [2.45, 2.75) is 33.6 Å². The van der Waals surface area contributed by atoms with E-state index in [2.05, 4.69) is 29.4 Å². The van der Waals surface area contributed by atoms with Crippen molar-refractivity contribution in [1.82, 2.24) is 14.8 Å². The van der Waals surface area contributed by atoms with Gasteiger partial charge in [-0.1, -0.05) is 12.1 Å². The summed E-state index contributed by atoms with van der Waals surface area (Å²) in [6, 6.07) is 27.8. The number of nitrogens with zero attached hydrogens (tertiary/aromatic N) is 3. The van der Waals surface area contributed by atoms with E-state index < -0.39 is 0 Å². The number of hydrogen-bond donors (Lipinski definition) is 0. The highest BCUT2D eigenvalue weighted by Gasteiger charge is 2.18. The Bertz CT molecular complexity index is 2000. The van der Waals surface area contributed by atoms with Crippen molar-refractivity contribution < 1.29 is 23.7 Å². The van der Waals surface area contributed by atoms with Crippen LogP contribution in [0.15, 0.2) is 84.9 Å². The Morgan fingerprint density at radius 3 is 2.19 bits per heavy atom. The van der Waals surface area contributed by atoms with E-state index in [4.69, 9.17) is 23.9 Å². The lowest BCUT2D eigenvalue weighted by Crippen LogP contribution is -2.09. The monoisotopic (exact) mass is 647 g/mol. The third-order valence-corrected chi connectivity index (χ3v) is 9.15. The molecule has 0 aliphatic carbocycles. The second kappa shape index (κ2) is 14.1. The lowest BCUT2D eigenvalue weighted by Gasteiger charge is -2.13. The summed E-state index contributed by atoms with van der Waals surface area (Å²) in [6.07, 6.45) is 1.61. The van der Waals surface area contributed by atoms with Crippen LogP contribution in [0.4, 0.5) is 0 Å². The molecule has 0 radical (unpaired) electrons. The van der Waals surface area contributed by atoms with Gasteiger partial charge in [0.05, 0.1) is 49.0 Å². The van der Waals surface area contributed by atoms with Crippen LogP contribution in [0.1, 0.15) is 35.7 Å². The van der Waals surface area contributed by atoms with Crippen LogP contribution in [0.2, 0.25) is 0 Å². The molecule has 0 atom stereocenters. The first-order valence-corrected chi connectivity index (χ1v) is 16.3. The minimum absolute atomic E-state index is 0.188. The Kier molecular flexibility index (Phi) is 9.54. The van der Waals surface area contributed by atoms with Gasteiger partial charge in [0.25, 0.3) is 0 Å². The fourth-order valence-electron chi connectivity index (χ4n) is 5.37. The number of methoxy groups -OCH3 is 2. The van der Waals surface area contributed by atoms with E-state index in [-0.39, 0.29) is 5.91 Å². The Hall–Kier alpha value is -5.15. The van der Waals surface area contributed by atoms with Gasteiger partial charge in [0.2, 0.25) is 5.91 Å². The number of benzene rings is 4. The first kappa shape index (κ1) is 31.8. The van der Waals surface area contributed by atoms with Gasteiger partial charge < -0.3 is 18.9 Å². The zero-order chi connectivity index (χ0) is 32.9. The predicted octanol–water partition coefficient (Wildman–Crippen LogP) is 9.03. The van der Waals surface area contributed by atoms with E-state index in [1.165, 1.54) is 16.3 Å². The van der Waals surface area contributed by atoms with Crippen LogP contribution in [0.5, 0.6) is 23.0 Å². The fourth-order valence-corrected chi connectivity index (χ4v) is 6.34. The summed E-state index contributed by atoms with van der Waals surface area (Å²) in [4.78, 5) is 17.4. The molecule has 0 spiro atoms. The fraction of sp³-hybridized carbons (Fsp3) is 0.237. The van der Waals surface area contributed by atoms with Crippen molar-refractivity contribution in [1.29, 1.82) is 0 Å². The van der Waals surface area contributed by atoms with E-state index in [1.807, 2.05) is 74.5 Å². The van der Waals surface area contributed by atoms with Gasteiger partial charge in [0, 0.05) is 23.6 Å². The van der Waals surface area contributed by atoms with Crippen LogP contribution in [-0.2, 0) is 0 Å². The molecule has 0 amide bonds. The van der Waals surface area contributed by atoms with Gasteiger partial charge >= 0.3 is 0 Å². The standard InChI is InChI=1S/C38H37N3O5S/c1-24-20-29(22-35(44-5)25(24)2)32-23-33(41(40-32)26(3)42)28-14-17-34(43-4)36(21-28)46-19-9-8-18-45-30-15-12-27(13-16-30)38-39-31-10-6-7-11-37(31)47-38/h6-7,10-17,20-23H,8-9,18-19H2,1-5H3. The zero-order valence-corrected chi connectivity index (χ0v) is 28.0. The molecule has 8 nitrogen and oxygen atoms in total. The Morgan fingerprint density at radius 1 is 0.766 bits per heavy atom. The molecule has 47 heavy (non-hydrogen) atoms.